The van der Waals surface area contributed by atoms with Gasteiger partial charge in [0, 0.05) is 25.5 Å². The van der Waals surface area contributed by atoms with Crippen LogP contribution >= 0.6 is 0 Å². The van der Waals surface area contributed by atoms with Crippen molar-refractivity contribution in [2.75, 3.05) is 26.2 Å². The predicted octanol–water partition coefficient (Wildman–Crippen LogP) is 1.03. The summed E-state index contributed by atoms with van der Waals surface area (Å²) in [5.74, 6) is -0.161. The van der Waals surface area contributed by atoms with Crippen LogP contribution in [0.1, 0.15) is 24.3 Å². The van der Waals surface area contributed by atoms with Crippen molar-refractivity contribution in [2.24, 2.45) is 0 Å². The number of rotatable bonds is 6. The third-order valence-electron chi connectivity index (χ3n) is 3.19. The van der Waals surface area contributed by atoms with Gasteiger partial charge in [-0.05, 0) is 19.2 Å². The molecule has 0 saturated carbocycles. The smallest absolute Gasteiger partial charge is 0.272 e. The molecule has 2 aromatic rings. The maximum atomic E-state index is 12.0. The van der Waals surface area contributed by atoms with E-state index in [1.54, 1.807) is 18.5 Å². The minimum atomic E-state index is -0.161. The standard InChI is InChI=1S/C13H19N5O/c1-3-18(4-2)8-7-15-13(19)12-10-9-14-6-5-11(10)16-17-12/h5-6,9H,3-4,7-8H2,1-2H3,(H,15,19)(H,16,17). The molecule has 6 heteroatoms. The Balaban J connectivity index is 1.97. The molecule has 0 fully saturated rings. The van der Waals surface area contributed by atoms with Crippen LogP contribution in [0.4, 0.5) is 0 Å². The van der Waals surface area contributed by atoms with E-state index < -0.39 is 0 Å². The molecule has 0 aliphatic rings. The summed E-state index contributed by atoms with van der Waals surface area (Å²) >= 11 is 0. The van der Waals surface area contributed by atoms with Gasteiger partial charge in [0.1, 0.15) is 0 Å². The van der Waals surface area contributed by atoms with Gasteiger partial charge in [-0.3, -0.25) is 14.9 Å². The van der Waals surface area contributed by atoms with Crippen LogP contribution in [0.3, 0.4) is 0 Å². The Kier molecular flexibility index (Phi) is 4.46. The Hall–Kier alpha value is -1.95. The fourth-order valence-corrected chi connectivity index (χ4v) is 1.98. The number of likely N-dealkylation sites (N-methyl/N-ethyl adjacent to an activating group) is 1. The average Bonchev–Trinajstić information content (AvgIpc) is 2.87. The molecule has 2 heterocycles. The second-order valence-corrected chi connectivity index (χ2v) is 4.28. The number of aromatic amines is 1. The molecule has 1 amide bonds. The van der Waals surface area contributed by atoms with Crippen LogP contribution in [-0.2, 0) is 0 Å². The van der Waals surface area contributed by atoms with E-state index in [4.69, 9.17) is 0 Å². The highest BCUT2D eigenvalue weighted by atomic mass is 16.1. The number of fused-ring (bicyclic) bond motifs is 1. The molecule has 0 bridgehead atoms. The monoisotopic (exact) mass is 261 g/mol. The largest absolute Gasteiger partial charge is 0.349 e. The van der Waals surface area contributed by atoms with Crippen molar-refractivity contribution in [3.05, 3.63) is 24.2 Å². The third-order valence-corrected chi connectivity index (χ3v) is 3.19. The molecule has 2 rings (SSSR count). The van der Waals surface area contributed by atoms with Crippen LogP contribution in [0, 0.1) is 0 Å². The van der Waals surface area contributed by atoms with Gasteiger partial charge in [-0.1, -0.05) is 13.8 Å². The van der Waals surface area contributed by atoms with E-state index in [1.807, 2.05) is 0 Å². The zero-order valence-electron chi connectivity index (χ0n) is 11.3. The number of hydrogen-bond acceptors (Lipinski definition) is 4. The van der Waals surface area contributed by atoms with Crippen molar-refractivity contribution in [1.82, 2.24) is 25.4 Å². The van der Waals surface area contributed by atoms with Crippen LogP contribution in [-0.4, -0.2) is 52.2 Å². The van der Waals surface area contributed by atoms with E-state index in [-0.39, 0.29) is 5.91 Å². The zero-order valence-corrected chi connectivity index (χ0v) is 11.3. The molecule has 102 valence electrons. The molecule has 0 aliphatic heterocycles. The van der Waals surface area contributed by atoms with Crippen molar-refractivity contribution in [3.8, 4) is 0 Å². The average molecular weight is 261 g/mol. The van der Waals surface area contributed by atoms with Gasteiger partial charge in [0.2, 0.25) is 0 Å². The number of carbonyl (C=O) groups excluding carboxylic acids is 1. The molecular formula is C13H19N5O. The molecule has 0 saturated heterocycles. The second kappa shape index (κ2) is 6.29. The molecule has 0 aromatic carbocycles. The van der Waals surface area contributed by atoms with Gasteiger partial charge in [0.05, 0.1) is 10.9 Å². The number of H-pyrrole nitrogens is 1. The number of carbonyl (C=O) groups is 1. The van der Waals surface area contributed by atoms with Crippen molar-refractivity contribution >= 4 is 16.8 Å². The van der Waals surface area contributed by atoms with Crippen LogP contribution in [0.15, 0.2) is 18.5 Å². The van der Waals surface area contributed by atoms with E-state index >= 15 is 0 Å². The maximum Gasteiger partial charge on any atom is 0.272 e. The molecule has 19 heavy (non-hydrogen) atoms. The van der Waals surface area contributed by atoms with Crippen LogP contribution in [0.5, 0.6) is 0 Å². The lowest BCUT2D eigenvalue weighted by Gasteiger charge is -2.17. The Morgan fingerprint density at radius 3 is 2.95 bits per heavy atom. The normalized spacial score (nSPS) is 11.1. The Labute approximate surface area is 112 Å². The van der Waals surface area contributed by atoms with Crippen molar-refractivity contribution in [2.45, 2.75) is 13.8 Å². The summed E-state index contributed by atoms with van der Waals surface area (Å²) in [5, 5.41) is 10.5. The lowest BCUT2D eigenvalue weighted by molar-refractivity contribution is 0.0945. The molecule has 2 N–H and O–H groups in total. The molecule has 0 radical (unpaired) electrons. The van der Waals surface area contributed by atoms with Gasteiger partial charge in [-0.2, -0.15) is 5.10 Å². The molecule has 0 aliphatic carbocycles. The summed E-state index contributed by atoms with van der Waals surface area (Å²) in [4.78, 5) is 18.3. The number of aromatic nitrogens is 3. The highest BCUT2D eigenvalue weighted by Gasteiger charge is 2.13. The first-order valence-corrected chi connectivity index (χ1v) is 6.54. The number of nitrogens with one attached hydrogen (secondary N) is 2. The highest BCUT2D eigenvalue weighted by molar-refractivity contribution is 6.04. The lowest BCUT2D eigenvalue weighted by atomic mass is 10.2. The fraction of sp³-hybridized carbons (Fsp3) is 0.462. The summed E-state index contributed by atoms with van der Waals surface area (Å²) in [6.07, 6.45) is 3.32. The summed E-state index contributed by atoms with van der Waals surface area (Å²) in [7, 11) is 0. The first kappa shape index (κ1) is 13.5. The summed E-state index contributed by atoms with van der Waals surface area (Å²) in [5.41, 5.74) is 1.23. The maximum absolute atomic E-state index is 12.0. The Morgan fingerprint density at radius 2 is 2.21 bits per heavy atom. The minimum Gasteiger partial charge on any atom is -0.349 e. The van der Waals surface area contributed by atoms with Crippen molar-refractivity contribution in [3.63, 3.8) is 0 Å². The topological polar surface area (TPSA) is 73.9 Å². The van der Waals surface area contributed by atoms with E-state index in [0.29, 0.717) is 12.2 Å². The van der Waals surface area contributed by atoms with Gasteiger partial charge in [0.15, 0.2) is 5.69 Å². The summed E-state index contributed by atoms with van der Waals surface area (Å²) < 4.78 is 0. The lowest BCUT2D eigenvalue weighted by Crippen LogP contribution is -2.35. The number of amides is 1. The van der Waals surface area contributed by atoms with Crippen molar-refractivity contribution in [1.29, 1.82) is 0 Å². The first-order chi connectivity index (χ1) is 9.26. The SMILES string of the molecule is CCN(CC)CCNC(=O)c1n[nH]c2ccncc12. The molecular weight excluding hydrogens is 242 g/mol. The van der Waals surface area contributed by atoms with Gasteiger partial charge in [0.25, 0.3) is 5.91 Å². The number of hydrogen-bond donors (Lipinski definition) is 2. The molecule has 0 unspecified atom stereocenters. The minimum absolute atomic E-state index is 0.161. The molecule has 6 nitrogen and oxygen atoms in total. The molecule has 2 aromatic heterocycles. The van der Waals surface area contributed by atoms with Gasteiger partial charge in [-0.25, -0.2) is 0 Å². The molecule has 0 spiro atoms. The first-order valence-electron chi connectivity index (χ1n) is 6.54. The van der Waals surface area contributed by atoms with E-state index in [9.17, 15) is 4.79 Å². The van der Waals surface area contributed by atoms with Crippen LogP contribution < -0.4 is 5.32 Å². The van der Waals surface area contributed by atoms with Crippen LogP contribution in [0.25, 0.3) is 10.9 Å². The number of nitrogens with zero attached hydrogens (tertiary/aromatic N) is 3. The second-order valence-electron chi connectivity index (χ2n) is 4.28. The van der Waals surface area contributed by atoms with E-state index in [1.165, 1.54) is 0 Å². The van der Waals surface area contributed by atoms with E-state index in [0.717, 1.165) is 30.5 Å². The third kappa shape index (κ3) is 3.08. The summed E-state index contributed by atoms with van der Waals surface area (Å²) in [6, 6.07) is 1.80. The highest BCUT2D eigenvalue weighted by Crippen LogP contribution is 2.13. The Bertz CT molecular complexity index is 547. The van der Waals surface area contributed by atoms with Gasteiger partial charge >= 0.3 is 0 Å². The zero-order chi connectivity index (χ0) is 13.7. The predicted molar refractivity (Wildman–Crippen MR) is 74.0 cm³/mol. The summed E-state index contributed by atoms with van der Waals surface area (Å²) in [6.45, 7) is 7.66. The Morgan fingerprint density at radius 1 is 1.42 bits per heavy atom. The fourth-order valence-electron chi connectivity index (χ4n) is 1.98. The quantitative estimate of drug-likeness (QED) is 0.814. The van der Waals surface area contributed by atoms with E-state index in [2.05, 4.69) is 39.2 Å². The van der Waals surface area contributed by atoms with Crippen LogP contribution in [0.2, 0.25) is 0 Å². The van der Waals surface area contributed by atoms with Gasteiger partial charge < -0.3 is 10.2 Å². The van der Waals surface area contributed by atoms with Crippen molar-refractivity contribution < 1.29 is 4.79 Å². The number of pyridine rings is 1. The van der Waals surface area contributed by atoms with Gasteiger partial charge in [-0.15, -0.1) is 0 Å². The molecule has 0 atom stereocenters.